The van der Waals surface area contributed by atoms with Crippen LogP contribution in [0, 0.1) is 6.92 Å². The van der Waals surface area contributed by atoms with Gasteiger partial charge in [0.15, 0.2) is 0 Å². The Labute approximate surface area is 164 Å². The van der Waals surface area contributed by atoms with Crippen LogP contribution < -0.4 is 0 Å². The van der Waals surface area contributed by atoms with Crippen LogP contribution >= 0.6 is 11.6 Å². The monoisotopic (exact) mass is 388 g/mol. The molecule has 2 aliphatic heterocycles. The molecule has 0 aliphatic carbocycles. The van der Waals surface area contributed by atoms with Crippen LogP contribution in [0.4, 0.5) is 0 Å². The number of halogens is 1. The molecule has 2 aromatic rings. The SMILES string of the molecule is Cc1nn(-c2ccccc2)c(Cl)c1CN1CCN(C(=O)C2CCCO2)CC1. The number of rotatable bonds is 4. The molecule has 2 saturated heterocycles. The molecule has 1 amide bonds. The summed E-state index contributed by atoms with van der Waals surface area (Å²) in [7, 11) is 0. The maximum Gasteiger partial charge on any atom is 0.251 e. The van der Waals surface area contributed by atoms with Crippen LogP contribution in [0.15, 0.2) is 30.3 Å². The zero-order valence-electron chi connectivity index (χ0n) is 15.6. The molecule has 1 unspecified atom stereocenters. The fraction of sp³-hybridized carbons (Fsp3) is 0.500. The van der Waals surface area contributed by atoms with E-state index < -0.39 is 0 Å². The molecule has 2 fully saturated rings. The van der Waals surface area contributed by atoms with Crippen molar-refractivity contribution in [3.8, 4) is 5.69 Å². The molecule has 144 valence electrons. The lowest BCUT2D eigenvalue weighted by atomic mass is 10.2. The van der Waals surface area contributed by atoms with E-state index in [1.165, 1.54) is 0 Å². The third-order valence-corrected chi connectivity index (χ3v) is 5.78. The molecule has 0 bridgehead atoms. The molecule has 0 N–H and O–H groups in total. The molecule has 6 nitrogen and oxygen atoms in total. The van der Waals surface area contributed by atoms with E-state index in [0.717, 1.165) is 62.5 Å². The number of aryl methyl sites for hydroxylation is 1. The van der Waals surface area contributed by atoms with Gasteiger partial charge in [-0.2, -0.15) is 5.10 Å². The van der Waals surface area contributed by atoms with Gasteiger partial charge in [0, 0.05) is 44.9 Å². The highest BCUT2D eigenvalue weighted by Crippen LogP contribution is 2.25. The molecule has 0 saturated carbocycles. The van der Waals surface area contributed by atoms with Crippen LogP contribution in [0.5, 0.6) is 0 Å². The summed E-state index contributed by atoms with van der Waals surface area (Å²) in [6.45, 7) is 6.61. The Morgan fingerprint density at radius 2 is 1.96 bits per heavy atom. The summed E-state index contributed by atoms with van der Waals surface area (Å²) in [4.78, 5) is 16.8. The van der Waals surface area contributed by atoms with Crippen LogP contribution in [-0.4, -0.2) is 64.4 Å². The van der Waals surface area contributed by atoms with E-state index >= 15 is 0 Å². The number of para-hydroxylation sites is 1. The number of hydrogen-bond acceptors (Lipinski definition) is 4. The second-order valence-electron chi connectivity index (χ2n) is 7.21. The van der Waals surface area contributed by atoms with Gasteiger partial charge in [0.2, 0.25) is 0 Å². The van der Waals surface area contributed by atoms with Gasteiger partial charge in [-0.15, -0.1) is 0 Å². The Morgan fingerprint density at radius 3 is 2.63 bits per heavy atom. The summed E-state index contributed by atoms with van der Waals surface area (Å²) in [6.07, 6.45) is 1.61. The standard InChI is InChI=1S/C20H25ClN4O2/c1-15-17(19(21)25(22-15)16-6-3-2-4-7-16)14-23-9-11-24(12-10-23)20(26)18-8-5-13-27-18/h2-4,6-7,18H,5,8-14H2,1H3. The van der Waals surface area contributed by atoms with Crippen LogP contribution in [0.25, 0.3) is 5.69 Å². The first-order valence-electron chi connectivity index (χ1n) is 9.55. The second kappa shape index (κ2) is 8.00. The molecular formula is C20H25ClN4O2. The van der Waals surface area contributed by atoms with Crippen molar-refractivity contribution >= 4 is 17.5 Å². The van der Waals surface area contributed by atoms with Crippen molar-refractivity contribution in [2.24, 2.45) is 0 Å². The molecule has 0 radical (unpaired) electrons. The van der Waals surface area contributed by atoms with E-state index in [4.69, 9.17) is 16.3 Å². The Morgan fingerprint density at radius 1 is 1.22 bits per heavy atom. The zero-order valence-corrected chi connectivity index (χ0v) is 16.4. The fourth-order valence-corrected chi connectivity index (χ4v) is 4.11. The lowest BCUT2D eigenvalue weighted by Crippen LogP contribution is -2.51. The normalized spacial score (nSPS) is 21.0. The largest absolute Gasteiger partial charge is 0.368 e. The lowest BCUT2D eigenvalue weighted by Gasteiger charge is -2.35. The number of piperazine rings is 1. The summed E-state index contributed by atoms with van der Waals surface area (Å²) < 4.78 is 7.33. The summed E-state index contributed by atoms with van der Waals surface area (Å²) in [5.74, 6) is 0.151. The first-order chi connectivity index (χ1) is 13.1. The maximum atomic E-state index is 12.5. The summed E-state index contributed by atoms with van der Waals surface area (Å²) in [5, 5.41) is 5.28. The van der Waals surface area contributed by atoms with Gasteiger partial charge in [-0.05, 0) is 31.9 Å². The number of nitrogens with zero attached hydrogens (tertiary/aromatic N) is 4. The Kier molecular flexibility index (Phi) is 5.48. The molecule has 2 aliphatic rings. The van der Waals surface area contributed by atoms with Gasteiger partial charge >= 0.3 is 0 Å². The molecule has 27 heavy (non-hydrogen) atoms. The van der Waals surface area contributed by atoms with E-state index in [2.05, 4.69) is 10.00 Å². The fourth-order valence-electron chi connectivity index (χ4n) is 3.78. The molecule has 3 heterocycles. The number of benzene rings is 1. The van der Waals surface area contributed by atoms with Crippen LogP contribution in [-0.2, 0) is 16.1 Å². The first kappa shape index (κ1) is 18.5. The Hall–Kier alpha value is -1.89. The van der Waals surface area contributed by atoms with E-state index in [9.17, 15) is 4.79 Å². The van der Waals surface area contributed by atoms with Crippen LogP contribution in [0.1, 0.15) is 24.1 Å². The van der Waals surface area contributed by atoms with Crippen molar-refractivity contribution in [3.63, 3.8) is 0 Å². The lowest BCUT2D eigenvalue weighted by molar-refractivity contribution is -0.142. The molecule has 1 aromatic heterocycles. The van der Waals surface area contributed by atoms with Crippen molar-refractivity contribution in [3.05, 3.63) is 46.7 Å². The average Bonchev–Trinajstić information content (AvgIpc) is 3.33. The molecule has 0 spiro atoms. The second-order valence-corrected chi connectivity index (χ2v) is 7.56. The molecule has 7 heteroatoms. The van der Waals surface area contributed by atoms with Crippen molar-refractivity contribution < 1.29 is 9.53 Å². The van der Waals surface area contributed by atoms with Crippen molar-refractivity contribution in [1.29, 1.82) is 0 Å². The smallest absolute Gasteiger partial charge is 0.251 e. The number of aromatic nitrogens is 2. The summed E-state index contributed by atoms with van der Waals surface area (Å²) in [6, 6.07) is 9.93. The predicted octanol–water partition coefficient (Wildman–Crippen LogP) is 2.66. The van der Waals surface area contributed by atoms with Gasteiger partial charge in [-0.1, -0.05) is 29.8 Å². The van der Waals surface area contributed by atoms with Crippen molar-refractivity contribution in [2.45, 2.75) is 32.4 Å². The molecule has 4 rings (SSSR count). The van der Waals surface area contributed by atoms with E-state index in [1.54, 1.807) is 4.68 Å². The van der Waals surface area contributed by atoms with Gasteiger partial charge in [0.1, 0.15) is 11.3 Å². The van der Waals surface area contributed by atoms with Gasteiger partial charge in [-0.25, -0.2) is 4.68 Å². The minimum absolute atomic E-state index is 0.151. The average molecular weight is 389 g/mol. The predicted molar refractivity (Wildman–Crippen MR) is 104 cm³/mol. The van der Waals surface area contributed by atoms with Gasteiger partial charge in [-0.3, -0.25) is 9.69 Å². The number of ether oxygens (including phenoxy) is 1. The number of amides is 1. The highest BCUT2D eigenvalue weighted by molar-refractivity contribution is 6.30. The minimum Gasteiger partial charge on any atom is -0.368 e. The number of carbonyl (C=O) groups is 1. The molecule has 1 aromatic carbocycles. The summed E-state index contributed by atoms with van der Waals surface area (Å²) in [5.41, 5.74) is 2.96. The number of hydrogen-bond donors (Lipinski definition) is 0. The Bertz CT molecular complexity index is 794. The van der Waals surface area contributed by atoms with Gasteiger partial charge < -0.3 is 9.64 Å². The van der Waals surface area contributed by atoms with Crippen LogP contribution in [0.3, 0.4) is 0 Å². The minimum atomic E-state index is -0.225. The third kappa shape index (κ3) is 3.88. The molecular weight excluding hydrogens is 364 g/mol. The first-order valence-corrected chi connectivity index (χ1v) is 9.93. The van der Waals surface area contributed by atoms with Gasteiger partial charge in [0.05, 0.1) is 11.4 Å². The quantitative estimate of drug-likeness (QED) is 0.808. The van der Waals surface area contributed by atoms with E-state index in [1.807, 2.05) is 42.2 Å². The van der Waals surface area contributed by atoms with E-state index in [-0.39, 0.29) is 12.0 Å². The summed E-state index contributed by atoms with van der Waals surface area (Å²) >= 11 is 6.64. The van der Waals surface area contributed by atoms with Crippen LogP contribution in [0.2, 0.25) is 5.15 Å². The molecule has 1 atom stereocenters. The van der Waals surface area contributed by atoms with E-state index in [0.29, 0.717) is 11.8 Å². The maximum absolute atomic E-state index is 12.5. The zero-order chi connectivity index (χ0) is 18.8. The van der Waals surface area contributed by atoms with Gasteiger partial charge in [0.25, 0.3) is 5.91 Å². The Balaban J connectivity index is 1.39. The topological polar surface area (TPSA) is 50.6 Å². The van der Waals surface area contributed by atoms with Crippen molar-refractivity contribution in [2.75, 3.05) is 32.8 Å². The van der Waals surface area contributed by atoms with Crippen molar-refractivity contribution in [1.82, 2.24) is 19.6 Å². The number of carbonyl (C=O) groups excluding carboxylic acids is 1. The third-order valence-electron chi connectivity index (χ3n) is 5.39. The highest BCUT2D eigenvalue weighted by atomic mass is 35.5. The highest BCUT2D eigenvalue weighted by Gasteiger charge is 2.30.